The van der Waals surface area contributed by atoms with E-state index < -0.39 is 47.0 Å². The van der Waals surface area contributed by atoms with Crippen LogP contribution < -0.4 is 10.6 Å². The number of ether oxygens (including phenoxy) is 2. The van der Waals surface area contributed by atoms with Crippen LogP contribution in [-0.2, 0) is 14.3 Å². The van der Waals surface area contributed by atoms with Crippen LogP contribution in [0.3, 0.4) is 0 Å². The Morgan fingerprint density at radius 3 is 1.76 bits per heavy atom. The number of Topliss-reactive ketones (excluding diaryl/α,β-unsaturated/α-hetero) is 1. The standard InChI is InChI=1S/C24H39N3O6S/c1-12(2)15(27-22(31)33-24(9,10)11)18(28)20-26-17(14(5)34-20)19(29)25-16(13(3)4)21(30)32-23(6,7)8/h12-13,15-16H,1-11H3,(H,25,29)(H,27,31)/t15-,16-/m0/s1. The molecule has 0 aliphatic heterocycles. The second kappa shape index (κ2) is 11.3. The van der Waals surface area contributed by atoms with Crippen molar-refractivity contribution >= 4 is 35.1 Å². The SMILES string of the molecule is Cc1sc(C(=O)[C@@H](NC(=O)OC(C)(C)C)C(C)C)nc1C(=O)N[C@H](C(=O)OC(C)(C)C)C(C)C. The van der Waals surface area contributed by atoms with Gasteiger partial charge in [0.25, 0.3) is 5.91 Å². The van der Waals surface area contributed by atoms with E-state index in [1.807, 2.05) is 0 Å². The first-order valence-corrected chi connectivity index (χ1v) is 12.2. The third kappa shape index (κ3) is 9.04. The van der Waals surface area contributed by atoms with Gasteiger partial charge >= 0.3 is 12.1 Å². The number of nitrogens with zero attached hydrogens (tertiary/aromatic N) is 1. The second-order valence-corrected chi connectivity index (χ2v) is 12.1. The van der Waals surface area contributed by atoms with Gasteiger partial charge < -0.3 is 20.1 Å². The Balaban J connectivity index is 3.09. The van der Waals surface area contributed by atoms with Crippen molar-refractivity contribution < 1.29 is 28.7 Å². The third-order valence-corrected chi connectivity index (χ3v) is 5.44. The maximum absolute atomic E-state index is 13.1. The Morgan fingerprint density at radius 1 is 0.824 bits per heavy atom. The number of carbonyl (C=O) groups is 4. The van der Waals surface area contributed by atoms with Crippen molar-refractivity contribution in [2.45, 2.75) is 99.4 Å². The van der Waals surface area contributed by atoms with Crippen molar-refractivity contribution in [3.63, 3.8) is 0 Å². The molecule has 0 saturated carbocycles. The van der Waals surface area contributed by atoms with Crippen LogP contribution in [0.1, 0.15) is 94.4 Å². The summed E-state index contributed by atoms with van der Waals surface area (Å²) >= 11 is 1.06. The lowest BCUT2D eigenvalue weighted by Crippen LogP contribution is -2.47. The van der Waals surface area contributed by atoms with Crippen LogP contribution in [0.4, 0.5) is 4.79 Å². The van der Waals surface area contributed by atoms with Crippen LogP contribution in [0.2, 0.25) is 0 Å². The van der Waals surface area contributed by atoms with Gasteiger partial charge in [-0.3, -0.25) is 9.59 Å². The molecule has 0 radical (unpaired) electrons. The summed E-state index contributed by atoms with van der Waals surface area (Å²) in [6.07, 6.45) is -0.706. The number of nitrogens with one attached hydrogen (secondary N) is 2. The molecule has 10 heteroatoms. The summed E-state index contributed by atoms with van der Waals surface area (Å²) in [4.78, 5) is 55.7. The minimum Gasteiger partial charge on any atom is -0.458 e. The quantitative estimate of drug-likeness (QED) is 0.406. The van der Waals surface area contributed by atoms with Crippen LogP contribution in [0.25, 0.3) is 0 Å². The number of hydrogen-bond donors (Lipinski definition) is 2. The Bertz CT molecular complexity index is 909. The molecular weight excluding hydrogens is 458 g/mol. The number of aryl methyl sites for hydroxylation is 1. The number of amides is 2. The summed E-state index contributed by atoms with van der Waals surface area (Å²) in [5.41, 5.74) is -1.35. The minimum atomic E-state index is -0.874. The molecule has 0 aromatic carbocycles. The van der Waals surface area contributed by atoms with Gasteiger partial charge in [-0.2, -0.15) is 0 Å². The van der Waals surface area contributed by atoms with Crippen molar-refractivity contribution in [1.82, 2.24) is 15.6 Å². The first-order valence-electron chi connectivity index (χ1n) is 11.4. The molecule has 1 aromatic rings. The molecular formula is C24H39N3O6S. The van der Waals surface area contributed by atoms with Crippen molar-refractivity contribution in [2.24, 2.45) is 11.8 Å². The molecule has 0 bridgehead atoms. The van der Waals surface area contributed by atoms with E-state index in [2.05, 4.69) is 15.6 Å². The monoisotopic (exact) mass is 497 g/mol. The van der Waals surface area contributed by atoms with Gasteiger partial charge in [-0.15, -0.1) is 11.3 Å². The Hall–Kier alpha value is -2.49. The highest BCUT2D eigenvalue weighted by molar-refractivity contribution is 7.13. The van der Waals surface area contributed by atoms with Gasteiger partial charge in [0.05, 0.1) is 0 Å². The summed E-state index contributed by atoms with van der Waals surface area (Å²) in [7, 11) is 0. The molecule has 0 spiro atoms. The molecule has 1 heterocycles. The summed E-state index contributed by atoms with van der Waals surface area (Å²) < 4.78 is 10.7. The van der Waals surface area contributed by atoms with Crippen molar-refractivity contribution in [1.29, 1.82) is 0 Å². The number of hydrogen-bond acceptors (Lipinski definition) is 8. The normalized spacial score (nSPS) is 13.9. The zero-order valence-electron chi connectivity index (χ0n) is 22.1. The van der Waals surface area contributed by atoms with E-state index in [1.54, 1.807) is 76.2 Å². The first-order chi connectivity index (χ1) is 15.3. The topological polar surface area (TPSA) is 124 Å². The van der Waals surface area contributed by atoms with Gasteiger partial charge in [-0.05, 0) is 60.3 Å². The van der Waals surface area contributed by atoms with Crippen LogP contribution >= 0.6 is 11.3 Å². The molecule has 2 amide bonds. The van der Waals surface area contributed by atoms with E-state index >= 15 is 0 Å². The first kappa shape index (κ1) is 29.5. The molecule has 1 aromatic heterocycles. The van der Waals surface area contributed by atoms with Gasteiger partial charge in [0.15, 0.2) is 5.01 Å². The number of rotatable bonds is 8. The van der Waals surface area contributed by atoms with Gasteiger partial charge in [0, 0.05) is 4.88 Å². The number of aromatic nitrogens is 1. The van der Waals surface area contributed by atoms with E-state index in [0.29, 0.717) is 4.88 Å². The van der Waals surface area contributed by atoms with E-state index in [9.17, 15) is 19.2 Å². The molecule has 0 saturated heterocycles. The molecule has 192 valence electrons. The molecule has 0 aliphatic rings. The van der Waals surface area contributed by atoms with E-state index in [4.69, 9.17) is 9.47 Å². The number of carbonyl (C=O) groups excluding carboxylic acids is 4. The fourth-order valence-corrected chi connectivity index (χ4v) is 3.78. The molecule has 2 atom stereocenters. The van der Waals surface area contributed by atoms with Gasteiger partial charge in [-0.25, -0.2) is 14.6 Å². The largest absolute Gasteiger partial charge is 0.458 e. The van der Waals surface area contributed by atoms with Crippen molar-refractivity contribution in [3.05, 3.63) is 15.6 Å². The highest BCUT2D eigenvalue weighted by Gasteiger charge is 2.33. The maximum Gasteiger partial charge on any atom is 0.408 e. The molecule has 0 unspecified atom stereocenters. The van der Waals surface area contributed by atoms with E-state index in [-0.39, 0.29) is 22.5 Å². The Kier molecular flexibility index (Phi) is 9.81. The molecule has 9 nitrogen and oxygen atoms in total. The number of alkyl carbamates (subject to hydrolysis) is 1. The van der Waals surface area contributed by atoms with Crippen molar-refractivity contribution in [2.75, 3.05) is 0 Å². The summed E-state index contributed by atoms with van der Waals surface area (Å²) in [6, 6.07) is -1.74. The summed E-state index contributed by atoms with van der Waals surface area (Å²) in [5, 5.41) is 5.39. The number of ketones is 1. The zero-order chi connectivity index (χ0) is 26.6. The lowest BCUT2D eigenvalue weighted by Gasteiger charge is -2.26. The van der Waals surface area contributed by atoms with Crippen LogP contribution in [0, 0.1) is 18.8 Å². The average Bonchev–Trinajstić information content (AvgIpc) is 3.01. The minimum absolute atomic E-state index is 0.0577. The van der Waals surface area contributed by atoms with Gasteiger partial charge in [0.1, 0.15) is 29.0 Å². The molecule has 0 aliphatic carbocycles. The Labute approximate surface area is 206 Å². The van der Waals surface area contributed by atoms with E-state index in [1.165, 1.54) is 0 Å². The van der Waals surface area contributed by atoms with Gasteiger partial charge in [-0.1, -0.05) is 27.7 Å². The molecule has 2 N–H and O–H groups in total. The number of thiazole rings is 1. The fraction of sp³-hybridized carbons (Fsp3) is 0.708. The summed E-state index contributed by atoms with van der Waals surface area (Å²) in [5.74, 6) is -1.98. The summed E-state index contributed by atoms with van der Waals surface area (Å²) in [6.45, 7) is 19.3. The lowest BCUT2D eigenvalue weighted by molar-refractivity contribution is -0.158. The highest BCUT2D eigenvalue weighted by Crippen LogP contribution is 2.22. The smallest absolute Gasteiger partial charge is 0.408 e. The van der Waals surface area contributed by atoms with Crippen LogP contribution in [0.5, 0.6) is 0 Å². The van der Waals surface area contributed by atoms with Gasteiger partial charge in [0.2, 0.25) is 5.78 Å². The third-order valence-electron chi connectivity index (χ3n) is 4.46. The number of esters is 1. The maximum atomic E-state index is 13.1. The highest BCUT2D eigenvalue weighted by atomic mass is 32.1. The molecule has 0 fully saturated rings. The van der Waals surface area contributed by atoms with Crippen molar-refractivity contribution in [3.8, 4) is 0 Å². The second-order valence-electron chi connectivity index (χ2n) is 10.9. The fourth-order valence-electron chi connectivity index (χ4n) is 2.89. The Morgan fingerprint density at radius 2 is 1.32 bits per heavy atom. The predicted molar refractivity (Wildman–Crippen MR) is 131 cm³/mol. The van der Waals surface area contributed by atoms with Crippen LogP contribution in [0.15, 0.2) is 0 Å². The zero-order valence-corrected chi connectivity index (χ0v) is 22.9. The molecule has 34 heavy (non-hydrogen) atoms. The average molecular weight is 498 g/mol. The lowest BCUT2D eigenvalue weighted by atomic mass is 10.0. The van der Waals surface area contributed by atoms with Crippen LogP contribution in [-0.4, -0.2) is 52.0 Å². The predicted octanol–water partition coefficient (Wildman–Crippen LogP) is 4.28. The molecule has 1 rings (SSSR count). The van der Waals surface area contributed by atoms with E-state index in [0.717, 1.165) is 11.3 Å².